The second-order valence-electron chi connectivity index (χ2n) is 9.29. The molecule has 3 N–H and O–H groups in total. The lowest BCUT2D eigenvalue weighted by molar-refractivity contribution is -0.148. The highest BCUT2D eigenvalue weighted by atomic mass is 19.1. The van der Waals surface area contributed by atoms with Gasteiger partial charge in [0, 0.05) is 34.8 Å². The molecule has 3 aliphatic rings. The average Bonchev–Trinajstić information content (AvgIpc) is 3.28. The molecule has 3 aromatic heterocycles. The number of anilines is 1. The molecule has 1 aromatic carbocycles. The summed E-state index contributed by atoms with van der Waals surface area (Å²) in [5.41, 5.74) is 2.82. The number of aliphatic carboxylic acids is 1. The SMILES string of the molecule is O=C(O)[C@H]1C2CCC(CC2)[C@@H]1Nc1cc(-c2ccccc2)nc(-c2c[nH]c3ncc(F)cc23)n1. The first-order chi connectivity index (χ1) is 16.6. The minimum atomic E-state index is -0.748. The van der Waals surface area contributed by atoms with Crippen LogP contribution in [0.5, 0.6) is 0 Å². The van der Waals surface area contributed by atoms with Crippen molar-refractivity contribution in [1.29, 1.82) is 0 Å². The van der Waals surface area contributed by atoms with Gasteiger partial charge in [-0.15, -0.1) is 0 Å². The maximum Gasteiger partial charge on any atom is 0.308 e. The number of H-pyrrole nitrogens is 1. The number of benzene rings is 1. The molecule has 4 aromatic rings. The summed E-state index contributed by atoms with van der Waals surface area (Å²) >= 11 is 0. The highest BCUT2D eigenvalue weighted by molar-refractivity contribution is 5.92. The summed E-state index contributed by atoms with van der Waals surface area (Å²) in [7, 11) is 0. The van der Waals surface area contributed by atoms with E-state index in [2.05, 4.69) is 15.3 Å². The summed E-state index contributed by atoms with van der Waals surface area (Å²) in [6.07, 6.45) is 6.90. The van der Waals surface area contributed by atoms with E-state index in [0.29, 0.717) is 39.9 Å². The third-order valence-corrected chi connectivity index (χ3v) is 7.35. The van der Waals surface area contributed by atoms with E-state index in [9.17, 15) is 14.3 Å². The minimum Gasteiger partial charge on any atom is -0.481 e. The van der Waals surface area contributed by atoms with Gasteiger partial charge in [-0.25, -0.2) is 19.3 Å². The third kappa shape index (κ3) is 3.59. The molecular weight excluding hydrogens is 433 g/mol. The van der Waals surface area contributed by atoms with Gasteiger partial charge in [-0.3, -0.25) is 4.79 Å². The Morgan fingerprint density at radius 2 is 1.82 bits per heavy atom. The molecule has 0 radical (unpaired) electrons. The van der Waals surface area contributed by atoms with Crippen molar-refractivity contribution in [3.8, 4) is 22.6 Å². The van der Waals surface area contributed by atoms with Crippen LogP contribution in [-0.4, -0.2) is 37.1 Å². The van der Waals surface area contributed by atoms with E-state index in [4.69, 9.17) is 9.97 Å². The summed E-state index contributed by atoms with van der Waals surface area (Å²) in [6, 6.07) is 12.9. The van der Waals surface area contributed by atoms with Crippen LogP contribution >= 0.6 is 0 Å². The van der Waals surface area contributed by atoms with Crippen LogP contribution in [0.3, 0.4) is 0 Å². The molecule has 34 heavy (non-hydrogen) atoms. The summed E-state index contributed by atoms with van der Waals surface area (Å²) in [5, 5.41) is 14.0. The van der Waals surface area contributed by atoms with Crippen molar-refractivity contribution in [3.05, 3.63) is 60.7 Å². The van der Waals surface area contributed by atoms with Crippen LogP contribution in [0, 0.1) is 23.6 Å². The number of carbonyl (C=O) groups is 1. The van der Waals surface area contributed by atoms with Crippen molar-refractivity contribution >= 4 is 22.8 Å². The van der Waals surface area contributed by atoms with Gasteiger partial charge in [0.1, 0.15) is 17.3 Å². The molecule has 7 nitrogen and oxygen atoms in total. The Hall–Kier alpha value is -3.81. The van der Waals surface area contributed by atoms with Gasteiger partial charge in [0.25, 0.3) is 0 Å². The van der Waals surface area contributed by atoms with Crippen LogP contribution in [0.2, 0.25) is 0 Å². The van der Waals surface area contributed by atoms with Crippen molar-refractivity contribution in [1.82, 2.24) is 19.9 Å². The molecule has 0 aliphatic heterocycles. The second-order valence-corrected chi connectivity index (χ2v) is 9.29. The monoisotopic (exact) mass is 457 g/mol. The minimum absolute atomic E-state index is 0.182. The van der Waals surface area contributed by atoms with Crippen LogP contribution in [0.4, 0.5) is 10.2 Å². The standard InChI is InChI=1S/C26H24FN5O2/c27-17-10-18-19(13-29-24(18)28-12-17)25-30-20(14-4-2-1-3-5-14)11-21(32-25)31-23-16-8-6-15(7-9-16)22(23)26(33)34/h1-5,10-13,15-16,22-23H,6-9H2,(H,28,29)(H,33,34)(H,30,31,32)/t15?,16?,22-,23-/m0/s1. The van der Waals surface area contributed by atoms with Crippen LogP contribution in [0.25, 0.3) is 33.7 Å². The fraction of sp³-hybridized carbons (Fsp3) is 0.308. The normalized spacial score (nSPS) is 23.8. The largest absolute Gasteiger partial charge is 0.481 e. The van der Waals surface area contributed by atoms with Gasteiger partial charge < -0.3 is 15.4 Å². The molecule has 2 atom stereocenters. The number of nitrogens with one attached hydrogen (secondary N) is 2. The molecular formula is C26H24FN5O2. The van der Waals surface area contributed by atoms with Crippen molar-refractivity contribution < 1.29 is 14.3 Å². The van der Waals surface area contributed by atoms with Crippen LogP contribution < -0.4 is 5.32 Å². The lowest BCUT2D eigenvalue weighted by Crippen LogP contribution is -2.51. The highest BCUT2D eigenvalue weighted by Gasteiger charge is 2.47. The van der Waals surface area contributed by atoms with Crippen molar-refractivity contribution in [2.75, 3.05) is 5.32 Å². The number of carboxylic acids is 1. The number of fused-ring (bicyclic) bond motifs is 4. The van der Waals surface area contributed by atoms with E-state index in [1.54, 1.807) is 6.20 Å². The first-order valence-electron chi connectivity index (χ1n) is 11.6. The van der Waals surface area contributed by atoms with E-state index in [0.717, 1.165) is 31.2 Å². The van der Waals surface area contributed by atoms with Gasteiger partial charge in [0.05, 0.1) is 17.8 Å². The van der Waals surface area contributed by atoms with E-state index < -0.39 is 17.7 Å². The van der Waals surface area contributed by atoms with E-state index >= 15 is 0 Å². The lowest BCUT2D eigenvalue weighted by atomic mass is 9.61. The van der Waals surface area contributed by atoms with E-state index in [1.165, 1.54) is 12.3 Å². The number of carboxylic acid groups (broad SMARTS) is 1. The molecule has 8 heteroatoms. The predicted octanol–water partition coefficient (Wildman–Crippen LogP) is 5.13. The van der Waals surface area contributed by atoms with Gasteiger partial charge in [-0.1, -0.05) is 30.3 Å². The van der Waals surface area contributed by atoms with Crippen molar-refractivity contribution in [2.24, 2.45) is 17.8 Å². The molecule has 0 unspecified atom stereocenters. The number of hydrogen-bond acceptors (Lipinski definition) is 5. The molecule has 3 fully saturated rings. The van der Waals surface area contributed by atoms with Gasteiger partial charge in [0.2, 0.25) is 0 Å². The molecule has 0 amide bonds. The zero-order valence-electron chi connectivity index (χ0n) is 18.4. The maximum atomic E-state index is 14.0. The number of halogens is 1. The molecule has 3 aliphatic carbocycles. The van der Waals surface area contributed by atoms with Crippen molar-refractivity contribution in [2.45, 2.75) is 31.7 Å². The van der Waals surface area contributed by atoms with Gasteiger partial charge in [-0.2, -0.15) is 0 Å². The Kier molecular flexibility index (Phi) is 5.01. The average molecular weight is 458 g/mol. The lowest BCUT2D eigenvalue weighted by Gasteiger charge is -2.47. The van der Waals surface area contributed by atoms with E-state index in [-0.39, 0.29) is 12.0 Å². The summed E-state index contributed by atoms with van der Waals surface area (Å²) in [6.45, 7) is 0. The highest BCUT2D eigenvalue weighted by Crippen LogP contribution is 2.46. The topological polar surface area (TPSA) is 104 Å². The second kappa shape index (κ2) is 8.20. The molecule has 3 saturated carbocycles. The fourth-order valence-electron chi connectivity index (χ4n) is 5.74. The third-order valence-electron chi connectivity index (χ3n) is 7.35. The quantitative estimate of drug-likeness (QED) is 0.384. The summed E-state index contributed by atoms with van der Waals surface area (Å²) in [4.78, 5) is 28.9. The smallest absolute Gasteiger partial charge is 0.308 e. The van der Waals surface area contributed by atoms with Gasteiger partial charge in [-0.05, 0) is 43.6 Å². The maximum absolute atomic E-state index is 14.0. The Labute approximate surface area is 195 Å². The molecule has 2 bridgehead atoms. The fourth-order valence-corrected chi connectivity index (χ4v) is 5.74. The molecule has 0 spiro atoms. The zero-order chi connectivity index (χ0) is 23.2. The first kappa shape index (κ1) is 20.8. The Morgan fingerprint density at radius 1 is 1.06 bits per heavy atom. The van der Waals surface area contributed by atoms with Crippen LogP contribution in [0.1, 0.15) is 25.7 Å². The number of rotatable bonds is 5. The molecule has 7 rings (SSSR count). The van der Waals surface area contributed by atoms with Crippen LogP contribution in [0.15, 0.2) is 54.9 Å². The summed E-state index contributed by atoms with van der Waals surface area (Å²) < 4.78 is 14.0. The molecule has 3 heterocycles. The number of aromatic amines is 1. The first-order valence-corrected chi connectivity index (χ1v) is 11.6. The molecule has 172 valence electrons. The number of hydrogen-bond donors (Lipinski definition) is 3. The van der Waals surface area contributed by atoms with Gasteiger partial charge in [0.15, 0.2) is 5.82 Å². The number of aromatic nitrogens is 4. The molecule has 0 saturated heterocycles. The predicted molar refractivity (Wildman–Crippen MR) is 126 cm³/mol. The Bertz CT molecular complexity index is 1360. The Balaban J connectivity index is 1.46. The van der Waals surface area contributed by atoms with Crippen molar-refractivity contribution in [3.63, 3.8) is 0 Å². The van der Waals surface area contributed by atoms with E-state index in [1.807, 2.05) is 36.4 Å². The van der Waals surface area contributed by atoms with Gasteiger partial charge >= 0.3 is 5.97 Å². The number of nitrogens with zero attached hydrogens (tertiary/aromatic N) is 3. The zero-order valence-corrected chi connectivity index (χ0v) is 18.4. The Morgan fingerprint density at radius 3 is 2.59 bits per heavy atom. The summed E-state index contributed by atoms with van der Waals surface area (Å²) in [5.74, 6) is -0.121. The van der Waals surface area contributed by atoms with Crippen LogP contribution in [-0.2, 0) is 4.79 Å². The number of pyridine rings is 1.